The van der Waals surface area contributed by atoms with Crippen LogP contribution in [0, 0.1) is 5.92 Å². The quantitative estimate of drug-likeness (QED) is 0.683. The highest BCUT2D eigenvalue weighted by Gasteiger charge is 2.10. The summed E-state index contributed by atoms with van der Waals surface area (Å²) in [5, 5.41) is 19.3. The standard InChI is InChI=1S/C9H16N4O2/c1-7(2)8(14)5-10-9(15)6-13-4-3-11-12-13/h3-4,7-8,14H,5-6H2,1-2H3,(H,10,15). The zero-order valence-corrected chi connectivity index (χ0v) is 8.92. The Kier molecular flexibility index (Phi) is 4.23. The molecule has 6 heteroatoms. The normalized spacial score (nSPS) is 12.8. The fourth-order valence-corrected chi connectivity index (χ4v) is 0.974. The lowest BCUT2D eigenvalue weighted by molar-refractivity contribution is -0.122. The van der Waals surface area contributed by atoms with Crippen molar-refractivity contribution < 1.29 is 9.90 Å². The molecule has 1 rings (SSSR count). The van der Waals surface area contributed by atoms with Crippen LogP contribution < -0.4 is 5.32 Å². The van der Waals surface area contributed by atoms with E-state index >= 15 is 0 Å². The molecule has 0 aliphatic rings. The van der Waals surface area contributed by atoms with E-state index in [0.29, 0.717) is 0 Å². The van der Waals surface area contributed by atoms with Gasteiger partial charge in [-0.3, -0.25) is 4.79 Å². The number of hydrogen-bond acceptors (Lipinski definition) is 4. The van der Waals surface area contributed by atoms with Gasteiger partial charge in [0.1, 0.15) is 6.54 Å². The minimum atomic E-state index is -0.510. The Morgan fingerprint density at radius 1 is 1.60 bits per heavy atom. The molecule has 1 atom stereocenters. The lowest BCUT2D eigenvalue weighted by atomic mass is 10.1. The zero-order chi connectivity index (χ0) is 11.3. The Labute approximate surface area is 88.3 Å². The van der Waals surface area contributed by atoms with E-state index in [-0.39, 0.29) is 24.9 Å². The molecule has 6 nitrogen and oxygen atoms in total. The first-order valence-electron chi connectivity index (χ1n) is 4.88. The number of aromatic nitrogens is 3. The van der Waals surface area contributed by atoms with Gasteiger partial charge in [-0.2, -0.15) is 0 Å². The van der Waals surface area contributed by atoms with Crippen LogP contribution in [0.5, 0.6) is 0 Å². The van der Waals surface area contributed by atoms with Gasteiger partial charge in [0.05, 0.1) is 12.3 Å². The van der Waals surface area contributed by atoms with Gasteiger partial charge in [-0.15, -0.1) is 5.10 Å². The summed E-state index contributed by atoms with van der Waals surface area (Å²) >= 11 is 0. The van der Waals surface area contributed by atoms with E-state index in [2.05, 4.69) is 15.6 Å². The number of nitrogens with one attached hydrogen (secondary N) is 1. The molecule has 0 bridgehead atoms. The molecule has 0 saturated heterocycles. The predicted octanol–water partition coefficient (Wildman–Crippen LogP) is -0.589. The predicted molar refractivity (Wildman–Crippen MR) is 53.9 cm³/mol. The molecule has 1 aromatic heterocycles. The molecule has 1 heterocycles. The van der Waals surface area contributed by atoms with E-state index in [1.165, 1.54) is 10.9 Å². The monoisotopic (exact) mass is 212 g/mol. The summed E-state index contributed by atoms with van der Waals surface area (Å²) in [6.45, 7) is 4.19. The Bertz CT molecular complexity index is 297. The number of carbonyl (C=O) groups excluding carboxylic acids is 1. The number of rotatable bonds is 5. The third-order valence-electron chi connectivity index (χ3n) is 2.06. The van der Waals surface area contributed by atoms with Crippen molar-refractivity contribution in [3.05, 3.63) is 12.4 Å². The van der Waals surface area contributed by atoms with Crippen LogP contribution in [-0.4, -0.2) is 38.7 Å². The lowest BCUT2D eigenvalue weighted by Crippen LogP contribution is -2.36. The van der Waals surface area contributed by atoms with Gasteiger partial charge in [-0.25, -0.2) is 4.68 Å². The van der Waals surface area contributed by atoms with Crippen molar-refractivity contribution in [2.75, 3.05) is 6.54 Å². The van der Waals surface area contributed by atoms with Crippen LogP contribution in [0.2, 0.25) is 0 Å². The molecule has 1 amide bonds. The number of nitrogens with zero attached hydrogens (tertiary/aromatic N) is 3. The van der Waals surface area contributed by atoms with Gasteiger partial charge in [0.25, 0.3) is 0 Å². The summed E-state index contributed by atoms with van der Waals surface area (Å²) in [6.07, 6.45) is 2.61. The van der Waals surface area contributed by atoms with Crippen LogP contribution in [0.4, 0.5) is 0 Å². The van der Waals surface area contributed by atoms with E-state index < -0.39 is 6.10 Å². The van der Waals surface area contributed by atoms with Crippen LogP contribution >= 0.6 is 0 Å². The molecule has 0 spiro atoms. The number of carbonyl (C=O) groups is 1. The second-order valence-electron chi connectivity index (χ2n) is 3.72. The second-order valence-corrected chi connectivity index (χ2v) is 3.72. The van der Waals surface area contributed by atoms with Crippen molar-refractivity contribution in [1.29, 1.82) is 0 Å². The van der Waals surface area contributed by atoms with Gasteiger partial charge in [0.2, 0.25) is 5.91 Å². The molecular formula is C9H16N4O2. The largest absolute Gasteiger partial charge is 0.391 e. The first-order chi connectivity index (χ1) is 7.09. The van der Waals surface area contributed by atoms with E-state index in [0.717, 1.165) is 0 Å². The summed E-state index contributed by atoms with van der Waals surface area (Å²) in [5.41, 5.74) is 0. The van der Waals surface area contributed by atoms with Crippen LogP contribution in [-0.2, 0) is 11.3 Å². The number of hydrogen-bond donors (Lipinski definition) is 2. The smallest absolute Gasteiger partial charge is 0.241 e. The minimum Gasteiger partial charge on any atom is -0.391 e. The fourth-order valence-electron chi connectivity index (χ4n) is 0.974. The average molecular weight is 212 g/mol. The Morgan fingerprint density at radius 3 is 2.87 bits per heavy atom. The van der Waals surface area contributed by atoms with Gasteiger partial charge in [0.15, 0.2) is 0 Å². The summed E-state index contributed by atoms with van der Waals surface area (Å²) in [5.74, 6) is -0.0446. The Balaban J connectivity index is 2.25. The molecular weight excluding hydrogens is 196 g/mol. The second kappa shape index (κ2) is 5.45. The molecule has 0 aliphatic carbocycles. The van der Waals surface area contributed by atoms with E-state index in [1.807, 2.05) is 13.8 Å². The SMILES string of the molecule is CC(C)C(O)CNC(=O)Cn1ccnn1. The summed E-state index contributed by atoms with van der Waals surface area (Å²) in [7, 11) is 0. The number of amides is 1. The molecule has 1 unspecified atom stereocenters. The highest BCUT2D eigenvalue weighted by atomic mass is 16.3. The van der Waals surface area contributed by atoms with E-state index in [9.17, 15) is 9.90 Å². The molecule has 0 saturated carbocycles. The van der Waals surface area contributed by atoms with Crippen molar-refractivity contribution in [3.63, 3.8) is 0 Å². The first kappa shape index (κ1) is 11.6. The van der Waals surface area contributed by atoms with Crippen LogP contribution in [0.1, 0.15) is 13.8 Å². The van der Waals surface area contributed by atoms with Crippen molar-refractivity contribution >= 4 is 5.91 Å². The van der Waals surface area contributed by atoms with Crippen LogP contribution in [0.25, 0.3) is 0 Å². The maximum atomic E-state index is 11.3. The number of aliphatic hydroxyl groups excluding tert-OH is 1. The number of aliphatic hydroxyl groups is 1. The lowest BCUT2D eigenvalue weighted by Gasteiger charge is -2.14. The van der Waals surface area contributed by atoms with Gasteiger partial charge < -0.3 is 10.4 Å². The molecule has 0 radical (unpaired) electrons. The summed E-state index contributed by atoms with van der Waals surface area (Å²) in [4.78, 5) is 11.3. The molecule has 1 aromatic rings. The van der Waals surface area contributed by atoms with E-state index in [4.69, 9.17) is 0 Å². The maximum absolute atomic E-state index is 11.3. The molecule has 0 aromatic carbocycles. The van der Waals surface area contributed by atoms with Crippen molar-refractivity contribution in [3.8, 4) is 0 Å². The highest BCUT2D eigenvalue weighted by molar-refractivity contribution is 5.75. The summed E-state index contributed by atoms with van der Waals surface area (Å²) in [6, 6.07) is 0. The average Bonchev–Trinajstić information content (AvgIpc) is 2.66. The van der Waals surface area contributed by atoms with Crippen LogP contribution in [0.3, 0.4) is 0 Å². The third kappa shape index (κ3) is 4.07. The minimum absolute atomic E-state index is 0.130. The molecule has 15 heavy (non-hydrogen) atoms. The first-order valence-corrected chi connectivity index (χ1v) is 4.88. The zero-order valence-electron chi connectivity index (χ0n) is 8.92. The topological polar surface area (TPSA) is 80.0 Å². The Hall–Kier alpha value is -1.43. The third-order valence-corrected chi connectivity index (χ3v) is 2.06. The van der Waals surface area contributed by atoms with Gasteiger partial charge >= 0.3 is 0 Å². The van der Waals surface area contributed by atoms with E-state index in [1.54, 1.807) is 6.20 Å². The Morgan fingerprint density at radius 2 is 2.33 bits per heavy atom. The van der Waals surface area contributed by atoms with Crippen molar-refractivity contribution in [2.24, 2.45) is 5.92 Å². The molecule has 0 aliphatic heterocycles. The van der Waals surface area contributed by atoms with Crippen molar-refractivity contribution in [2.45, 2.75) is 26.5 Å². The highest BCUT2D eigenvalue weighted by Crippen LogP contribution is 1.98. The van der Waals surface area contributed by atoms with Crippen molar-refractivity contribution in [1.82, 2.24) is 20.3 Å². The molecule has 2 N–H and O–H groups in total. The maximum Gasteiger partial charge on any atom is 0.241 e. The van der Waals surface area contributed by atoms with Crippen LogP contribution in [0.15, 0.2) is 12.4 Å². The molecule has 0 fully saturated rings. The van der Waals surface area contributed by atoms with Gasteiger partial charge in [0, 0.05) is 12.7 Å². The van der Waals surface area contributed by atoms with Gasteiger partial charge in [-0.1, -0.05) is 19.1 Å². The fraction of sp³-hybridized carbons (Fsp3) is 0.667. The molecule has 84 valence electrons. The van der Waals surface area contributed by atoms with Gasteiger partial charge in [-0.05, 0) is 5.92 Å². The summed E-state index contributed by atoms with van der Waals surface area (Å²) < 4.78 is 1.43.